The smallest absolute Gasteiger partial charge is 0.226 e. The fraction of sp³-hybridized carbons (Fsp3) is 0.600. The fourth-order valence-electron chi connectivity index (χ4n) is 2.80. The van der Waals surface area contributed by atoms with Gasteiger partial charge in [-0.05, 0) is 20.3 Å². The molecule has 0 aliphatic carbocycles. The van der Waals surface area contributed by atoms with Gasteiger partial charge in [-0.25, -0.2) is 14.6 Å². The average Bonchev–Trinajstić information content (AvgIpc) is 3.01. The van der Waals surface area contributed by atoms with Crippen LogP contribution in [0.25, 0.3) is 0 Å². The number of carbonyl (C=O) groups is 1. The summed E-state index contributed by atoms with van der Waals surface area (Å²) in [6.45, 7) is 6.75. The van der Waals surface area contributed by atoms with Gasteiger partial charge in [0.1, 0.15) is 5.82 Å². The van der Waals surface area contributed by atoms with Gasteiger partial charge in [-0.3, -0.25) is 4.79 Å². The van der Waals surface area contributed by atoms with Crippen molar-refractivity contribution in [3.05, 3.63) is 27.2 Å². The van der Waals surface area contributed by atoms with Crippen molar-refractivity contribution < 1.29 is 4.79 Å². The second-order valence-corrected chi connectivity index (χ2v) is 7.10. The van der Waals surface area contributed by atoms with Gasteiger partial charge < -0.3 is 5.32 Å². The Kier molecular flexibility index (Phi) is 4.24. The van der Waals surface area contributed by atoms with Crippen LogP contribution in [0.3, 0.4) is 0 Å². The molecule has 6 nitrogen and oxygen atoms in total. The number of nitrogens with one attached hydrogen (secondary N) is 1. The zero-order valence-electron chi connectivity index (χ0n) is 13.2. The molecule has 0 spiro atoms. The number of aryl methyl sites for hydroxylation is 4. The van der Waals surface area contributed by atoms with Gasteiger partial charge in [-0.1, -0.05) is 6.92 Å². The van der Waals surface area contributed by atoms with Gasteiger partial charge in [0.2, 0.25) is 5.91 Å². The predicted molar refractivity (Wildman–Crippen MR) is 84.9 cm³/mol. The van der Waals surface area contributed by atoms with Crippen molar-refractivity contribution in [3.63, 3.8) is 0 Å². The van der Waals surface area contributed by atoms with E-state index in [0.29, 0.717) is 13.0 Å². The van der Waals surface area contributed by atoms with E-state index in [-0.39, 0.29) is 11.9 Å². The van der Waals surface area contributed by atoms with E-state index in [1.54, 1.807) is 11.3 Å². The van der Waals surface area contributed by atoms with Crippen LogP contribution in [-0.4, -0.2) is 31.7 Å². The molecule has 1 atom stereocenters. The van der Waals surface area contributed by atoms with Crippen molar-refractivity contribution in [2.75, 3.05) is 0 Å². The largest absolute Gasteiger partial charge is 0.351 e. The van der Waals surface area contributed by atoms with E-state index in [9.17, 15) is 4.79 Å². The lowest BCUT2D eigenvalue weighted by molar-refractivity contribution is -0.121. The first-order valence-electron chi connectivity index (χ1n) is 7.70. The van der Waals surface area contributed by atoms with Crippen LogP contribution in [0, 0.1) is 13.8 Å². The lowest BCUT2D eigenvalue weighted by atomic mass is 10.1. The number of amides is 1. The second-order valence-electron chi connectivity index (χ2n) is 5.70. The number of fused-ring (bicyclic) bond motifs is 1. The Balaban J connectivity index is 1.59. The Morgan fingerprint density at radius 3 is 2.91 bits per heavy atom. The number of thiazole rings is 1. The Bertz CT molecular complexity index is 690. The van der Waals surface area contributed by atoms with Crippen molar-refractivity contribution >= 4 is 17.2 Å². The maximum atomic E-state index is 12.2. The summed E-state index contributed by atoms with van der Waals surface area (Å²) in [6, 6.07) is 0.131. The SMILES string of the molecule is CCc1nc2n(n1)CC(NC(=O)Cc1nc(C)sc1C)CC2. The fourth-order valence-corrected chi connectivity index (χ4v) is 3.63. The zero-order valence-corrected chi connectivity index (χ0v) is 14.0. The minimum Gasteiger partial charge on any atom is -0.351 e. The predicted octanol–water partition coefficient (Wildman–Crippen LogP) is 1.59. The van der Waals surface area contributed by atoms with Gasteiger partial charge in [-0.2, -0.15) is 5.10 Å². The third kappa shape index (κ3) is 3.19. The molecule has 1 N–H and O–H groups in total. The molecule has 1 unspecified atom stereocenters. The molecule has 7 heteroatoms. The van der Waals surface area contributed by atoms with Crippen LogP contribution in [0.15, 0.2) is 0 Å². The molecule has 0 saturated carbocycles. The average molecular weight is 319 g/mol. The van der Waals surface area contributed by atoms with E-state index < -0.39 is 0 Å². The molecule has 3 rings (SSSR count). The van der Waals surface area contributed by atoms with Gasteiger partial charge in [0, 0.05) is 23.8 Å². The normalized spacial score (nSPS) is 17.3. The molecule has 118 valence electrons. The van der Waals surface area contributed by atoms with Gasteiger partial charge in [0.15, 0.2) is 5.82 Å². The summed E-state index contributed by atoms with van der Waals surface area (Å²) in [4.78, 5) is 22.3. The highest BCUT2D eigenvalue weighted by atomic mass is 32.1. The molecule has 0 saturated heterocycles. The Morgan fingerprint density at radius 1 is 1.41 bits per heavy atom. The summed E-state index contributed by atoms with van der Waals surface area (Å²) in [5.74, 6) is 1.96. The summed E-state index contributed by atoms with van der Waals surface area (Å²) in [6.07, 6.45) is 2.99. The molecule has 1 amide bonds. The Labute approximate surface area is 134 Å². The lowest BCUT2D eigenvalue weighted by Crippen LogP contribution is -2.42. The molecule has 0 aromatic carbocycles. The first kappa shape index (κ1) is 15.1. The van der Waals surface area contributed by atoms with Crippen LogP contribution in [0.4, 0.5) is 0 Å². The number of aromatic nitrogens is 4. The van der Waals surface area contributed by atoms with E-state index in [1.807, 2.05) is 18.5 Å². The Morgan fingerprint density at radius 2 is 2.23 bits per heavy atom. The van der Waals surface area contributed by atoms with Crippen molar-refractivity contribution in [1.29, 1.82) is 0 Å². The van der Waals surface area contributed by atoms with Crippen LogP contribution in [0.2, 0.25) is 0 Å². The van der Waals surface area contributed by atoms with Crippen molar-refractivity contribution in [2.45, 2.75) is 59.0 Å². The van der Waals surface area contributed by atoms with Crippen LogP contribution in [0.5, 0.6) is 0 Å². The molecule has 1 aliphatic heterocycles. The number of hydrogen-bond donors (Lipinski definition) is 1. The molecule has 1 aliphatic rings. The first-order valence-corrected chi connectivity index (χ1v) is 8.51. The molecule has 3 heterocycles. The summed E-state index contributed by atoms with van der Waals surface area (Å²) >= 11 is 1.64. The third-order valence-electron chi connectivity index (χ3n) is 3.91. The van der Waals surface area contributed by atoms with Crippen molar-refractivity contribution in [2.24, 2.45) is 0 Å². The molecule has 0 bridgehead atoms. The van der Waals surface area contributed by atoms with Crippen LogP contribution in [0.1, 0.15) is 40.6 Å². The summed E-state index contributed by atoms with van der Waals surface area (Å²) in [7, 11) is 0. The standard InChI is InChI=1S/C15H21N5OS/c1-4-13-18-14-6-5-11(8-20(14)19-13)17-15(21)7-12-9(2)22-10(3)16-12/h11H,4-8H2,1-3H3,(H,17,21). The number of carbonyl (C=O) groups excluding carboxylic acids is 1. The van der Waals surface area contributed by atoms with Gasteiger partial charge in [0.25, 0.3) is 0 Å². The molecule has 2 aromatic rings. The van der Waals surface area contributed by atoms with E-state index in [0.717, 1.165) is 46.5 Å². The minimum atomic E-state index is 0.0395. The quantitative estimate of drug-likeness (QED) is 0.929. The number of hydrogen-bond acceptors (Lipinski definition) is 5. The number of nitrogens with zero attached hydrogens (tertiary/aromatic N) is 4. The first-order chi connectivity index (χ1) is 10.5. The maximum Gasteiger partial charge on any atom is 0.226 e. The molecule has 22 heavy (non-hydrogen) atoms. The van der Waals surface area contributed by atoms with Crippen LogP contribution in [-0.2, 0) is 30.6 Å². The van der Waals surface area contributed by atoms with Crippen LogP contribution >= 0.6 is 11.3 Å². The highest BCUT2D eigenvalue weighted by molar-refractivity contribution is 7.11. The summed E-state index contributed by atoms with van der Waals surface area (Å²) in [5.41, 5.74) is 0.894. The van der Waals surface area contributed by atoms with E-state index in [4.69, 9.17) is 0 Å². The topological polar surface area (TPSA) is 72.7 Å². The Hall–Kier alpha value is -1.76. The van der Waals surface area contributed by atoms with Gasteiger partial charge in [0.05, 0.1) is 23.7 Å². The molecular weight excluding hydrogens is 298 g/mol. The second kappa shape index (κ2) is 6.16. The summed E-state index contributed by atoms with van der Waals surface area (Å²) in [5, 5.41) is 8.59. The minimum absolute atomic E-state index is 0.0395. The monoisotopic (exact) mass is 319 g/mol. The summed E-state index contributed by atoms with van der Waals surface area (Å²) < 4.78 is 1.94. The highest BCUT2D eigenvalue weighted by Crippen LogP contribution is 2.17. The van der Waals surface area contributed by atoms with Gasteiger partial charge in [-0.15, -0.1) is 11.3 Å². The van der Waals surface area contributed by atoms with E-state index in [1.165, 1.54) is 0 Å². The van der Waals surface area contributed by atoms with E-state index in [2.05, 4.69) is 27.3 Å². The maximum absolute atomic E-state index is 12.2. The third-order valence-corrected chi connectivity index (χ3v) is 4.84. The van der Waals surface area contributed by atoms with Crippen molar-refractivity contribution in [1.82, 2.24) is 25.1 Å². The van der Waals surface area contributed by atoms with Gasteiger partial charge >= 0.3 is 0 Å². The lowest BCUT2D eigenvalue weighted by Gasteiger charge is -2.23. The molecule has 0 radical (unpaired) electrons. The van der Waals surface area contributed by atoms with Crippen LogP contribution < -0.4 is 5.32 Å². The highest BCUT2D eigenvalue weighted by Gasteiger charge is 2.23. The van der Waals surface area contributed by atoms with E-state index >= 15 is 0 Å². The molecule has 0 fully saturated rings. The zero-order chi connectivity index (χ0) is 15.7. The number of rotatable bonds is 4. The van der Waals surface area contributed by atoms with Crippen molar-refractivity contribution in [3.8, 4) is 0 Å². The molecule has 2 aromatic heterocycles. The molecular formula is C15H21N5OS.